The third-order valence-electron chi connectivity index (χ3n) is 16.2. The van der Waals surface area contributed by atoms with Crippen molar-refractivity contribution in [2.75, 3.05) is 40.9 Å². The van der Waals surface area contributed by atoms with E-state index >= 15 is 0 Å². The zero-order valence-corrected chi connectivity index (χ0v) is 59.8. The van der Waals surface area contributed by atoms with Gasteiger partial charge in [0.2, 0.25) is 5.91 Å². The summed E-state index contributed by atoms with van der Waals surface area (Å²) >= 11 is 0. The van der Waals surface area contributed by atoms with Gasteiger partial charge >= 0.3 is 13.8 Å². The number of hydrogen-bond donors (Lipinski definition) is 2. The summed E-state index contributed by atoms with van der Waals surface area (Å²) in [7, 11) is 1.47. The third kappa shape index (κ3) is 68.9. The number of esters is 1. The second kappa shape index (κ2) is 67.6. The maximum absolute atomic E-state index is 13.6. The van der Waals surface area contributed by atoms with Crippen molar-refractivity contribution in [3.8, 4) is 0 Å². The minimum atomic E-state index is -4.47. The highest BCUT2D eigenvalue weighted by Crippen LogP contribution is 2.43. The fourth-order valence-corrected chi connectivity index (χ4v) is 11.2. The highest BCUT2D eigenvalue weighted by atomic mass is 31.2. The van der Waals surface area contributed by atoms with Crippen molar-refractivity contribution in [3.05, 3.63) is 109 Å². The monoisotopic (exact) mass is 1260 g/mol. The van der Waals surface area contributed by atoms with Crippen molar-refractivity contribution < 1.29 is 37.3 Å². The first-order chi connectivity index (χ1) is 43.4. The first kappa shape index (κ1) is 85.7. The molecule has 89 heavy (non-hydrogen) atoms. The number of carbonyl (C=O) groups is 2. The van der Waals surface area contributed by atoms with Crippen LogP contribution in [0.25, 0.3) is 0 Å². The molecule has 0 heterocycles. The number of hydrogen-bond acceptors (Lipinski definition) is 6. The van der Waals surface area contributed by atoms with Crippen molar-refractivity contribution in [3.63, 3.8) is 0 Å². The van der Waals surface area contributed by atoms with Crippen molar-refractivity contribution in [2.24, 2.45) is 0 Å². The standard InChI is InChI=1S/C79H141N2O7P/c1-7-10-13-16-19-22-25-28-30-32-34-36-38-39-40-41-43-45-47-49-51-54-57-60-63-66-69-72-79(83)88-77(70-67-64-61-58-55-52-27-24-21-18-15-12-9-3)76(75-87-89(84,85)86-74-73-81(4,5)6)80-78(82)71-68-65-62-59-56-53-50-48-46-44-42-37-35-33-31-29-26-23-20-17-14-11-8-2/h11,14,19-20,22-23,28-31,35,37,44,46,50,53,67,70,76-77H,7-10,12-13,15-18,21,24-27,32-34,36,38-43,45,47-49,51-52,54-66,68-69,71-75H2,1-6H3,(H-,80,82,84,85)/p+1/b14-11-,22-19-,23-20-,30-28-,31-29-,37-35-,46-44-,53-50-,70-67+. The molecule has 10 heteroatoms. The van der Waals surface area contributed by atoms with E-state index in [4.69, 9.17) is 13.8 Å². The number of nitrogens with one attached hydrogen (secondary N) is 1. The Hall–Kier alpha value is -3.33. The number of quaternary nitrogens is 1. The van der Waals surface area contributed by atoms with Gasteiger partial charge in [-0.2, -0.15) is 0 Å². The first-order valence-corrected chi connectivity index (χ1v) is 38.7. The van der Waals surface area contributed by atoms with Gasteiger partial charge in [0.25, 0.3) is 0 Å². The summed E-state index contributed by atoms with van der Waals surface area (Å²) in [6, 6.07) is -0.869. The maximum Gasteiger partial charge on any atom is 0.472 e. The summed E-state index contributed by atoms with van der Waals surface area (Å²) < 4.78 is 30.9. The summed E-state index contributed by atoms with van der Waals surface area (Å²) in [6.07, 6.45) is 93.9. The van der Waals surface area contributed by atoms with E-state index in [9.17, 15) is 19.0 Å². The Labute approximate surface area is 551 Å². The lowest BCUT2D eigenvalue weighted by atomic mass is 10.0. The van der Waals surface area contributed by atoms with Gasteiger partial charge in [-0.1, -0.05) is 310 Å². The molecule has 1 amide bonds. The predicted octanol–water partition coefficient (Wildman–Crippen LogP) is 24.0. The Balaban J connectivity index is 5.09. The fourth-order valence-electron chi connectivity index (χ4n) is 10.5. The van der Waals surface area contributed by atoms with Crippen LogP contribution in [-0.4, -0.2) is 74.3 Å². The van der Waals surface area contributed by atoms with Crippen LogP contribution in [0, 0.1) is 0 Å². The van der Waals surface area contributed by atoms with Crippen LogP contribution in [-0.2, 0) is 27.9 Å². The van der Waals surface area contributed by atoms with E-state index in [1.165, 1.54) is 180 Å². The number of unbranched alkanes of at least 4 members (excludes halogenated alkanes) is 35. The van der Waals surface area contributed by atoms with Gasteiger partial charge in [-0.05, 0) is 115 Å². The van der Waals surface area contributed by atoms with E-state index in [0.29, 0.717) is 23.9 Å². The summed E-state index contributed by atoms with van der Waals surface area (Å²) in [5.41, 5.74) is 0. The fraction of sp³-hybridized carbons (Fsp3) is 0.747. The number of amides is 1. The number of nitrogens with zero attached hydrogens (tertiary/aromatic N) is 1. The van der Waals surface area contributed by atoms with Crippen molar-refractivity contribution in [1.29, 1.82) is 0 Å². The molecule has 0 fully saturated rings. The molecule has 0 aromatic heterocycles. The van der Waals surface area contributed by atoms with Crippen LogP contribution in [0.5, 0.6) is 0 Å². The topological polar surface area (TPSA) is 111 Å². The molecule has 0 aliphatic carbocycles. The molecule has 9 nitrogen and oxygen atoms in total. The van der Waals surface area contributed by atoms with Gasteiger partial charge in [0.05, 0.1) is 33.8 Å². The van der Waals surface area contributed by atoms with E-state index in [1.807, 2.05) is 33.3 Å². The summed E-state index contributed by atoms with van der Waals surface area (Å²) in [5.74, 6) is -0.529. The summed E-state index contributed by atoms with van der Waals surface area (Å²) in [6.45, 7) is 6.88. The predicted molar refractivity (Wildman–Crippen MR) is 387 cm³/mol. The van der Waals surface area contributed by atoms with Crippen LogP contribution in [0.1, 0.15) is 329 Å². The largest absolute Gasteiger partial charge is 0.472 e. The number of likely N-dealkylation sites (N-methyl/N-ethyl adjacent to an activating group) is 1. The molecule has 0 saturated heterocycles. The lowest BCUT2D eigenvalue weighted by Gasteiger charge is -2.27. The van der Waals surface area contributed by atoms with Gasteiger partial charge in [0.1, 0.15) is 19.3 Å². The number of phosphoric ester groups is 1. The van der Waals surface area contributed by atoms with Crippen LogP contribution in [0.4, 0.5) is 0 Å². The molecule has 0 saturated carbocycles. The van der Waals surface area contributed by atoms with Gasteiger partial charge in [-0.3, -0.25) is 18.6 Å². The number of rotatable bonds is 67. The molecule has 0 bridgehead atoms. The average Bonchev–Trinajstić information content (AvgIpc) is 3.64. The molecule has 0 spiro atoms. The molecule has 0 rings (SSSR count). The molecule has 0 aliphatic heterocycles. The van der Waals surface area contributed by atoms with Crippen LogP contribution < -0.4 is 5.32 Å². The summed E-state index contributed by atoms with van der Waals surface area (Å²) in [5, 5.41) is 3.06. The molecular weight excluding hydrogens is 1120 g/mol. The van der Waals surface area contributed by atoms with Crippen molar-refractivity contribution >= 4 is 19.7 Å². The Kier molecular flexibility index (Phi) is 65.0. The Morgan fingerprint density at radius 1 is 0.404 bits per heavy atom. The maximum atomic E-state index is 13.6. The highest BCUT2D eigenvalue weighted by molar-refractivity contribution is 7.47. The van der Waals surface area contributed by atoms with Crippen molar-refractivity contribution in [2.45, 2.75) is 341 Å². The van der Waals surface area contributed by atoms with E-state index in [0.717, 1.165) is 109 Å². The average molecular weight is 1260 g/mol. The molecule has 3 unspecified atom stereocenters. The first-order valence-electron chi connectivity index (χ1n) is 37.2. The van der Waals surface area contributed by atoms with Gasteiger partial charge in [-0.15, -0.1) is 0 Å². The number of phosphoric acid groups is 1. The lowest BCUT2D eigenvalue weighted by molar-refractivity contribution is -0.870. The van der Waals surface area contributed by atoms with E-state index in [1.54, 1.807) is 0 Å². The molecular formula is C79H142N2O7P+. The zero-order chi connectivity index (χ0) is 64.9. The van der Waals surface area contributed by atoms with Crippen LogP contribution in [0.2, 0.25) is 0 Å². The third-order valence-corrected chi connectivity index (χ3v) is 17.2. The van der Waals surface area contributed by atoms with Gasteiger partial charge in [-0.25, -0.2) is 4.57 Å². The van der Waals surface area contributed by atoms with Gasteiger partial charge in [0.15, 0.2) is 0 Å². The lowest BCUT2D eigenvalue weighted by Crippen LogP contribution is -2.47. The molecule has 3 atom stereocenters. The Bertz CT molecular complexity index is 1890. The van der Waals surface area contributed by atoms with E-state index in [2.05, 4.69) is 123 Å². The normalized spacial score (nSPS) is 14.1. The molecule has 0 aromatic rings. The highest BCUT2D eigenvalue weighted by Gasteiger charge is 2.30. The van der Waals surface area contributed by atoms with Crippen molar-refractivity contribution in [1.82, 2.24) is 5.32 Å². The van der Waals surface area contributed by atoms with E-state index < -0.39 is 20.0 Å². The number of ether oxygens (including phenoxy) is 1. The zero-order valence-electron chi connectivity index (χ0n) is 58.9. The summed E-state index contributed by atoms with van der Waals surface area (Å²) in [4.78, 5) is 38.0. The molecule has 0 aliphatic rings. The van der Waals surface area contributed by atoms with Gasteiger partial charge in [0, 0.05) is 12.8 Å². The number of allylic oxidation sites excluding steroid dienone is 17. The molecule has 0 radical (unpaired) electrons. The molecule has 2 N–H and O–H groups in total. The minimum Gasteiger partial charge on any atom is -0.456 e. The Morgan fingerprint density at radius 3 is 1.10 bits per heavy atom. The molecule has 0 aromatic carbocycles. The Morgan fingerprint density at radius 2 is 0.719 bits per heavy atom. The van der Waals surface area contributed by atoms with Crippen LogP contribution in [0.15, 0.2) is 109 Å². The van der Waals surface area contributed by atoms with E-state index in [-0.39, 0.29) is 31.5 Å². The second-order valence-corrected chi connectivity index (χ2v) is 27.5. The van der Waals surface area contributed by atoms with Gasteiger partial charge < -0.3 is 19.4 Å². The number of carbonyl (C=O) groups excluding carboxylic acids is 2. The second-order valence-electron chi connectivity index (χ2n) is 26.1. The SMILES string of the molecule is CC/C=C\C/C=C\C/C=C\C/C=C\C/C=C\C/C=C\CCCCCCC(=O)NC(COP(=O)(O)OCC[N+](C)(C)C)C(/C=C/CCCCCCCCCCCCC)OC(=O)CCCCCCCCCCCCCCCCCCC/C=C\C/C=C\CCCCC. The van der Waals surface area contributed by atoms with Crippen LogP contribution in [0.3, 0.4) is 0 Å². The van der Waals surface area contributed by atoms with Crippen LogP contribution >= 0.6 is 7.82 Å². The smallest absolute Gasteiger partial charge is 0.456 e. The quantitative estimate of drug-likeness (QED) is 0.0205. The minimum absolute atomic E-state index is 0.0310. The molecule has 514 valence electrons.